The average molecular weight is 705 g/mol. The molecule has 0 spiro atoms. The Bertz CT molecular complexity index is 1550. The first-order chi connectivity index (χ1) is 23.1. The van der Waals surface area contributed by atoms with E-state index in [1.807, 2.05) is 0 Å². The summed E-state index contributed by atoms with van der Waals surface area (Å²) < 4.78 is 118. The van der Waals surface area contributed by atoms with E-state index in [4.69, 9.17) is 15.2 Å². The normalized spacial score (nSPS) is 17.9. The maximum atomic E-state index is 15.0. The largest absolute Gasteiger partial charge is 0.573 e. The number of alkyl carbamates (subject to hydrolysis) is 1. The molecule has 1 saturated heterocycles. The van der Waals surface area contributed by atoms with E-state index in [1.54, 1.807) is 5.32 Å². The number of anilines is 1. The van der Waals surface area contributed by atoms with E-state index in [1.165, 1.54) is 42.5 Å². The van der Waals surface area contributed by atoms with Gasteiger partial charge in [-0.05, 0) is 60.4 Å². The van der Waals surface area contributed by atoms with Crippen LogP contribution in [0.4, 0.5) is 45.6 Å². The van der Waals surface area contributed by atoms with Gasteiger partial charge >= 0.3 is 18.6 Å². The van der Waals surface area contributed by atoms with Crippen molar-refractivity contribution in [2.24, 2.45) is 5.73 Å². The maximum absolute atomic E-state index is 15.0. The van der Waals surface area contributed by atoms with Gasteiger partial charge in [0.25, 0.3) is 0 Å². The van der Waals surface area contributed by atoms with Gasteiger partial charge in [-0.1, -0.05) is 30.3 Å². The summed E-state index contributed by atoms with van der Waals surface area (Å²) in [5.74, 6) is -3.39. The van der Waals surface area contributed by atoms with E-state index in [0.717, 1.165) is 24.3 Å². The van der Waals surface area contributed by atoms with Gasteiger partial charge in [0.2, 0.25) is 5.91 Å². The molecule has 1 heterocycles. The summed E-state index contributed by atoms with van der Waals surface area (Å²) in [6.07, 6.45) is -10.8. The molecule has 1 unspecified atom stereocenters. The Hall–Kier alpha value is -4.48. The molecule has 0 radical (unpaired) electrons. The van der Waals surface area contributed by atoms with Crippen LogP contribution in [0.15, 0.2) is 66.7 Å². The molecule has 4 atom stereocenters. The van der Waals surface area contributed by atoms with Crippen molar-refractivity contribution < 1.29 is 58.9 Å². The van der Waals surface area contributed by atoms with Crippen molar-refractivity contribution in [3.05, 3.63) is 95.1 Å². The van der Waals surface area contributed by atoms with Crippen LogP contribution in [0, 0.1) is 11.6 Å². The maximum Gasteiger partial charge on any atom is 0.573 e. The smallest absolute Gasteiger partial charge is 0.448 e. The number of hydrogen-bond acceptors (Lipinski definition) is 7. The molecule has 5 N–H and O–H groups in total. The van der Waals surface area contributed by atoms with E-state index < -0.39 is 72.6 Å². The fraction of sp³-hybridized carbons (Fsp3) is 0.375. The Labute approximate surface area is 275 Å². The third-order valence-corrected chi connectivity index (χ3v) is 7.47. The van der Waals surface area contributed by atoms with E-state index in [-0.39, 0.29) is 43.9 Å². The second-order valence-corrected chi connectivity index (χ2v) is 11.1. The third-order valence-electron chi connectivity index (χ3n) is 7.47. The van der Waals surface area contributed by atoms with Gasteiger partial charge in [-0.15, -0.1) is 13.2 Å². The number of benzene rings is 3. The van der Waals surface area contributed by atoms with Crippen LogP contribution in [0.1, 0.15) is 29.0 Å². The third kappa shape index (κ3) is 11.6. The van der Waals surface area contributed by atoms with Gasteiger partial charge in [-0.25, -0.2) is 13.6 Å². The van der Waals surface area contributed by atoms with Crippen molar-refractivity contribution in [2.75, 3.05) is 31.6 Å². The number of alkyl halides is 6. The lowest BCUT2D eigenvalue weighted by Crippen LogP contribution is -2.49. The SMILES string of the molecule is N[C@H](C(=O)Nc1cccc(F)c1CC[C@@H]1CN[C@H](COC(=O)NCC(F)(F)F)CO1)C(c1ccc(F)cc1)c1ccc(OC(F)(F)F)cc1. The zero-order chi connectivity index (χ0) is 35.8. The van der Waals surface area contributed by atoms with Gasteiger partial charge in [0.1, 0.15) is 30.5 Å². The van der Waals surface area contributed by atoms with Crippen molar-refractivity contribution in [1.29, 1.82) is 0 Å². The monoisotopic (exact) mass is 704 g/mol. The van der Waals surface area contributed by atoms with Gasteiger partial charge in [-0.2, -0.15) is 13.2 Å². The summed E-state index contributed by atoms with van der Waals surface area (Å²) in [6, 6.07) is 12.0. The second-order valence-electron chi connectivity index (χ2n) is 11.1. The Morgan fingerprint density at radius 3 is 2.20 bits per heavy atom. The van der Waals surface area contributed by atoms with Gasteiger partial charge in [0.05, 0.1) is 24.8 Å². The lowest BCUT2D eigenvalue weighted by Gasteiger charge is -2.30. The molecule has 3 aromatic rings. The minimum atomic E-state index is -4.92. The highest BCUT2D eigenvalue weighted by atomic mass is 19.4. The predicted molar refractivity (Wildman–Crippen MR) is 160 cm³/mol. The number of nitrogens with two attached hydrogens (primary N) is 1. The van der Waals surface area contributed by atoms with Crippen LogP contribution in [0.25, 0.3) is 0 Å². The zero-order valence-electron chi connectivity index (χ0n) is 25.5. The standard InChI is InChI=1S/C32H32F8N4O5/c33-20-8-4-18(5-9-20)27(19-6-10-22(11-7-19)49-32(38,39)40)28(41)29(45)44-26-3-1-2-25(34)24(26)13-12-23-14-42-21(15-47-23)16-48-30(46)43-17-31(35,36)37/h1-11,21,23,27-28,42H,12-17,41H2,(H,43,46)(H,44,45)/t21-,23+,27?,28-/m0/s1. The molecule has 3 aromatic carbocycles. The number of nitrogens with one attached hydrogen (secondary N) is 3. The molecular formula is C32H32F8N4O5. The fourth-order valence-electron chi connectivity index (χ4n) is 5.12. The summed E-state index contributed by atoms with van der Waals surface area (Å²) in [5, 5.41) is 7.28. The van der Waals surface area contributed by atoms with Crippen LogP contribution in [0.5, 0.6) is 5.75 Å². The molecule has 0 aliphatic carbocycles. The van der Waals surface area contributed by atoms with Gasteiger partial charge in [0, 0.05) is 23.7 Å². The van der Waals surface area contributed by atoms with Crippen LogP contribution >= 0.6 is 0 Å². The van der Waals surface area contributed by atoms with Gasteiger partial charge < -0.3 is 35.9 Å². The highest BCUT2D eigenvalue weighted by molar-refractivity contribution is 5.96. The number of morpholine rings is 1. The molecule has 4 rings (SSSR count). The van der Waals surface area contributed by atoms with Crippen LogP contribution in [0.2, 0.25) is 0 Å². The van der Waals surface area contributed by atoms with Crippen molar-refractivity contribution >= 4 is 17.7 Å². The second kappa shape index (κ2) is 16.3. The van der Waals surface area contributed by atoms with Gasteiger partial charge in [-0.3, -0.25) is 4.79 Å². The van der Waals surface area contributed by atoms with Crippen molar-refractivity contribution in [1.82, 2.24) is 10.6 Å². The number of ether oxygens (including phenoxy) is 3. The summed E-state index contributed by atoms with van der Waals surface area (Å²) >= 11 is 0. The predicted octanol–water partition coefficient (Wildman–Crippen LogP) is 5.54. The summed E-state index contributed by atoms with van der Waals surface area (Å²) in [4.78, 5) is 24.9. The van der Waals surface area contributed by atoms with E-state index in [9.17, 15) is 40.3 Å². The Morgan fingerprint density at radius 2 is 1.61 bits per heavy atom. The van der Waals surface area contributed by atoms with E-state index in [0.29, 0.717) is 11.1 Å². The topological polar surface area (TPSA) is 124 Å². The number of amides is 2. The van der Waals surface area contributed by atoms with Gasteiger partial charge in [0.15, 0.2) is 0 Å². The summed E-state index contributed by atoms with van der Waals surface area (Å²) in [5.41, 5.74) is 7.38. The number of hydrogen-bond donors (Lipinski definition) is 4. The number of halogens is 8. The minimum Gasteiger partial charge on any atom is -0.448 e. The molecule has 17 heteroatoms. The molecule has 49 heavy (non-hydrogen) atoms. The highest BCUT2D eigenvalue weighted by Gasteiger charge is 2.33. The molecule has 0 aromatic heterocycles. The Balaban J connectivity index is 1.38. The van der Waals surface area contributed by atoms with Crippen LogP contribution in [-0.2, 0) is 20.7 Å². The average Bonchev–Trinajstić information content (AvgIpc) is 3.03. The minimum absolute atomic E-state index is 0.0566. The highest BCUT2D eigenvalue weighted by Crippen LogP contribution is 2.32. The van der Waals surface area contributed by atoms with Crippen molar-refractivity contribution in [2.45, 2.75) is 49.5 Å². The van der Waals surface area contributed by atoms with Crippen LogP contribution in [0.3, 0.4) is 0 Å². The molecular weight excluding hydrogens is 672 g/mol. The Kier molecular flexibility index (Phi) is 12.4. The quantitative estimate of drug-likeness (QED) is 0.183. The molecule has 2 amide bonds. The number of carbonyl (C=O) groups excluding carboxylic acids is 2. The first kappa shape index (κ1) is 37.3. The molecule has 9 nitrogen and oxygen atoms in total. The molecule has 1 aliphatic heterocycles. The van der Waals surface area contributed by atoms with E-state index >= 15 is 4.39 Å². The van der Waals surface area contributed by atoms with Crippen LogP contribution in [-0.4, -0.2) is 69.0 Å². The molecule has 1 fully saturated rings. The molecule has 0 bridgehead atoms. The van der Waals surface area contributed by atoms with Crippen LogP contribution < -0.4 is 26.4 Å². The van der Waals surface area contributed by atoms with Crippen molar-refractivity contribution in [3.63, 3.8) is 0 Å². The van der Waals surface area contributed by atoms with Crippen molar-refractivity contribution in [3.8, 4) is 5.75 Å². The van der Waals surface area contributed by atoms with E-state index in [2.05, 4.69) is 15.4 Å². The molecule has 1 aliphatic rings. The summed E-state index contributed by atoms with van der Waals surface area (Å²) in [7, 11) is 0. The molecule has 0 saturated carbocycles. The fourth-order valence-corrected chi connectivity index (χ4v) is 5.12. The Morgan fingerprint density at radius 1 is 0.959 bits per heavy atom. The number of rotatable bonds is 12. The number of carbonyl (C=O) groups is 2. The summed E-state index contributed by atoms with van der Waals surface area (Å²) in [6.45, 7) is -1.46. The molecule has 266 valence electrons. The zero-order valence-corrected chi connectivity index (χ0v) is 25.5. The first-order valence-corrected chi connectivity index (χ1v) is 14.9. The lowest BCUT2D eigenvalue weighted by molar-refractivity contribution is -0.274. The first-order valence-electron chi connectivity index (χ1n) is 14.9. The lowest BCUT2D eigenvalue weighted by atomic mass is 9.85.